The average Bonchev–Trinajstić information content (AvgIpc) is 2.41. The molecule has 1 heterocycles. The monoisotopic (exact) mass is 237 g/mol. The van der Waals surface area contributed by atoms with Gasteiger partial charge >= 0.3 is 0 Å². The molecule has 4 nitrogen and oxygen atoms in total. The van der Waals surface area contributed by atoms with E-state index in [1.165, 1.54) is 0 Å². The highest BCUT2D eigenvalue weighted by Gasteiger charge is 2.04. The van der Waals surface area contributed by atoms with E-state index in [0.717, 1.165) is 5.56 Å². The van der Waals surface area contributed by atoms with Crippen LogP contribution in [0.2, 0.25) is 0 Å². The summed E-state index contributed by atoms with van der Waals surface area (Å²) in [6, 6.07) is 10.7. The molecule has 0 fully saturated rings. The second kappa shape index (κ2) is 5.36. The number of benzene rings is 1. The second-order valence-electron chi connectivity index (χ2n) is 3.87. The van der Waals surface area contributed by atoms with Gasteiger partial charge in [0.25, 0.3) is 5.91 Å². The molecule has 0 spiro atoms. The Kier molecular flexibility index (Phi) is 3.62. The van der Waals surface area contributed by atoms with Gasteiger partial charge in [0.15, 0.2) is 0 Å². The second-order valence-corrected chi connectivity index (χ2v) is 3.87. The largest absolute Gasteiger partial charge is 0.384 e. The molecule has 3 N–H and O–H groups in total. The minimum Gasteiger partial charge on any atom is -0.384 e. The molecule has 0 aliphatic carbocycles. The first-order chi connectivity index (χ1) is 8.66. The van der Waals surface area contributed by atoms with Crippen LogP contribution in [-0.4, -0.2) is 18.7 Å². The van der Waals surface area contributed by atoms with Crippen molar-refractivity contribution < 1.29 is 4.79 Å². The lowest BCUT2D eigenvalue weighted by Gasteiger charge is -2.07. The van der Waals surface area contributed by atoms with Crippen molar-refractivity contribution in [3.05, 3.63) is 53.7 Å². The molecule has 0 saturated carbocycles. The number of nitrogens with one attached hydrogen (secondary N) is 1. The highest BCUT2D eigenvalue weighted by atomic mass is 16.1. The van der Waals surface area contributed by atoms with E-state index < -0.39 is 0 Å². The molecule has 0 bridgehead atoms. The summed E-state index contributed by atoms with van der Waals surface area (Å²) in [5, 5.41) is 2.79. The van der Waals surface area contributed by atoms with E-state index in [9.17, 15) is 4.79 Å². The molecule has 0 saturated heterocycles. The molecule has 0 aliphatic heterocycles. The molecular weight excluding hydrogens is 225 g/mol. The summed E-state index contributed by atoms with van der Waals surface area (Å²) in [4.78, 5) is 15.7. The standard InChI is InChI=1S/C13H12BN3O/c14-11-6-9(7-16-12(11)15)8-17-13(18)10-4-2-1-3-5-10/h1-7H,8H2,(H2,15,16)(H,17,18). The number of amides is 1. The fourth-order valence-electron chi connectivity index (χ4n) is 1.51. The number of nitrogens with zero attached hydrogens (tertiary/aromatic N) is 1. The maximum absolute atomic E-state index is 11.8. The molecule has 2 rings (SSSR count). The maximum atomic E-state index is 11.8. The average molecular weight is 237 g/mol. The number of hydrogen-bond donors (Lipinski definition) is 2. The van der Waals surface area contributed by atoms with Gasteiger partial charge in [-0.05, 0) is 17.7 Å². The number of hydrogen-bond acceptors (Lipinski definition) is 3. The Balaban J connectivity index is 1.99. The number of aromatic nitrogens is 1. The van der Waals surface area contributed by atoms with Gasteiger partial charge in [0.1, 0.15) is 13.7 Å². The Morgan fingerprint density at radius 3 is 2.72 bits per heavy atom. The normalized spacial score (nSPS) is 10.0. The number of carbonyl (C=O) groups excluding carboxylic acids is 1. The van der Waals surface area contributed by atoms with Crippen molar-refractivity contribution >= 4 is 25.0 Å². The summed E-state index contributed by atoms with van der Waals surface area (Å²) >= 11 is 0. The lowest BCUT2D eigenvalue weighted by Crippen LogP contribution is -2.24. The number of pyridine rings is 1. The highest BCUT2D eigenvalue weighted by molar-refractivity contribution is 6.35. The SMILES string of the molecule is [B]c1cc(CNC(=O)c2ccccc2)cnc1N. The molecule has 2 radical (unpaired) electrons. The fraction of sp³-hybridized carbons (Fsp3) is 0.0769. The zero-order chi connectivity index (χ0) is 13.0. The summed E-state index contributed by atoms with van der Waals surface area (Å²) in [6.07, 6.45) is 1.59. The molecule has 0 unspecified atom stereocenters. The number of rotatable bonds is 3. The van der Waals surface area contributed by atoms with Gasteiger partial charge in [-0.15, -0.1) is 0 Å². The quantitative estimate of drug-likeness (QED) is 0.758. The van der Waals surface area contributed by atoms with Crippen LogP contribution in [0.15, 0.2) is 42.6 Å². The van der Waals surface area contributed by atoms with Crippen LogP contribution in [0.25, 0.3) is 0 Å². The summed E-state index contributed by atoms with van der Waals surface area (Å²) < 4.78 is 0. The van der Waals surface area contributed by atoms with Gasteiger partial charge in [-0.1, -0.05) is 29.7 Å². The Bertz CT molecular complexity index is 557. The predicted octanol–water partition coefficient (Wildman–Crippen LogP) is 0.388. The Morgan fingerprint density at radius 1 is 1.33 bits per heavy atom. The van der Waals surface area contributed by atoms with E-state index in [2.05, 4.69) is 10.3 Å². The lowest BCUT2D eigenvalue weighted by molar-refractivity contribution is 0.0951. The fourth-order valence-corrected chi connectivity index (χ4v) is 1.51. The Morgan fingerprint density at radius 2 is 2.06 bits per heavy atom. The third-order valence-electron chi connectivity index (χ3n) is 2.50. The molecule has 2 aromatic rings. The molecule has 1 amide bonds. The summed E-state index contributed by atoms with van der Waals surface area (Å²) in [5.41, 5.74) is 7.36. The molecule has 1 aromatic heterocycles. The van der Waals surface area contributed by atoms with Crippen molar-refractivity contribution in [2.75, 3.05) is 5.73 Å². The molecule has 88 valence electrons. The summed E-state index contributed by atoms with van der Waals surface area (Å²) in [7, 11) is 5.64. The smallest absolute Gasteiger partial charge is 0.251 e. The van der Waals surface area contributed by atoms with Crippen LogP contribution in [-0.2, 0) is 6.54 Å². The van der Waals surface area contributed by atoms with Gasteiger partial charge < -0.3 is 11.1 Å². The van der Waals surface area contributed by atoms with Gasteiger partial charge in [0.05, 0.1) is 0 Å². The molecule has 5 heteroatoms. The Hall–Kier alpha value is -2.30. The van der Waals surface area contributed by atoms with Gasteiger partial charge in [0, 0.05) is 18.3 Å². The first kappa shape index (κ1) is 12.2. The minimum absolute atomic E-state index is 0.133. The topological polar surface area (TPSA) is 68.0 Å². The van der Waals surface area contributed by atoms with Gasteiger partial charge in [-0.3, -0.25) is 4.79 Å². The number of anilines is 1. The van der Waals surface area contributed by atoms with E-state index >= 15 is 0 Å². The zero-order valence-electron chi connectivity index (χ0n) is 9.76. The zero-order valence-corrected chi connectivity index (χ0v) is 9.76. The Labute approximate surface area is 107 Å². The van der Waals surface area contributed by atoms with Gasteiger partial charge in [0.2, 0.25) is 0 Å². The highest BCUT2D eigenvalue weighted by Crippen LogP contribution is 2.01. The summed E-state index contributed by atoms with van der Waals surface area (Å²) in [5.74, 6) is 0.166. The van der Waals surface area contributed by atoms with Crippen molar-refractivity contribution in [1.82, 2.24) is 10.3 Å². The molecule has 1 aromatic carbocycles. The third-order valence-corrected chi connectivity index (χ3v) is 2.50. The van der Waals surface area contributed by atoms with Crippen LogP contribution in [0.4, 0.5) is 5.82 Å². The number of nitrogen functional groups attached to an aromatic ring is 1. The van der Waals surface area contributed by atoms with E-state index in [1.807, 2.05) is 18.2 Å². The van der Waals surface area contributed by atoms with Crippen molar-refractivity contribution in [3.8, 4) is 0 Å². The van der Waals surface area contributed by atoms with Crippen molar-refractivity contribution in [3.63, 3.8) is 0 Å². The molecule has 0 aliphatic rings. The van der Waals surface area contributed by atoms with Crippen LogP contribution in [0.3, 0.4) is 0 Å². The molecule has 18 heavy (non-hydrogen) atoms. The van der Waals surface area contributed by atoms with Crippen LogP contribution >= 0.6 is 0 Å². The third kappa shape index (κ3) is 2.88. The first-order valence-corrected chi connectivity index (χ1v) is 5.50. The lowest BCUT2D eigenvalue weighted by atomic mass is 9.95. The number of nitrogens with two attached hydrogens (primary N) is 1. The van der Waals surface area contributed by atoms with Gasteiger partial charge in [-0.2, -0.15) is 0 Å². The van der Waals surface area contributed by atoms with Crippen LogP contribution in [0.5, 0.6) is 0 Å². The van der Waals surface area contributed by atoms with E-state index in [4.69, 9.17) is 13.6 Å². The van der Waals surface area contributed by atoms with Crippen LogP contribution in [0.1, 0.15) is 15.9 Å². The molecule has 0 atom stereocenters. The first-order valence-electron chi connectivity index (χ1n) is 5.50. The minimum atomic E-state index is -0.133. The van der Waals surface area contributed by atoms with Gasteiger partial charge in [-0.25, -0.2) is 4.98 Å². The summed E-state index contributed by atoms with van der Waals surface area (Å²) in [6.45, 7) is 0.366. The van der Waals surface area contributed by atoms with Crippen molar-refractivity contribution in [2.24, 2.45) is 0 Å². The van der Waals surface area contributed by atoms with E-state index in [0.29, 0.717) is 23.4 Å². The van der Waals surface area contributed by atoms with E-state index in [-0.39, 0.29) is 5.91 Å². The van der Waals surface area contributed by atoms with E-state index in [1.54, 1.807) is 24.4 Å². The van der Waals surface area contributed by atoms with Crippen molar-refractivity contribution in [2.45, 2.75) is 6.54 Å². The van der Waals surface area contributed by atoms with Crippen LogP contribution in [0, 0.1) is 0 Å². The number of carbonyl (C=O) groups is 1. The predicted molar refractivity (Wildman–Crippen MR) is 71.6 cm³/mol. The maximum Gasteiger partial charge on any atom is 0.251 e. The van der Waals surface area contributed by atoms with Crippen molar-refractivity contribution in [1.29, 1.82) is 0 Å². The molecular formula is C13H12BN3O. The van der Waals surface area contributed by atoms with Crippen LogP contribution < -0.4 is 16.5 Å².